The second kappa shape index (κ2) is 8.51. The Morgan fingerprint density at radius 3 is 2.71 bits per heavy atom. The fourth-order valence-corrected chi connectivity index (χ4v) is 4.39. The van der Waals surface area contributed by atoms with Crippen LogP contribution in [0.15, 0.2) is 48.7 Å². The quantitative estimate of drug-likeness (QED) is 0.681. The van der Waals surface area contributed by atoms with Gasteiger partial charge in [-0.3, -0.25) is 9.69 Å². The van der Waals surface area contributed by atoms with Crippen LogP contribution in [-0.4, -0.2) is 51.3 Å². The molecule has 1 fully saturated rings. The Balaban J connectivity index is 1.77. The minimum Gasteiger partial charge on any atom is -0.341 e. The first-order chi connectivity index (χ1) is 13.8. The van der Waals surface area contributed by atoms with Gasteiger partial charge in [0.15, 0.2) is 0 Å². The Morgan fingerprint density at radius 1 is 1.18 bits per heavy atom. The number of carbonyl (C=O) groups is 1. The Labute approximate surface area is 169 Å². The van der Waals surface area contributed by atoms with Crippen LogP contribution in [0.3, 0.4) is 0 Å². The molecule has 0 radical (unpaired) electrons. The van der Waals surface area contributed by atoms with E-state index in [-0.39, 0.29) is 12.5 Å². The lowest BCUT2D eigenvalue weighted by atomic mass is 10.1. The molecule has 0 saturated carbocycles. The van der Waals surface area contributed by atoms with Crippen molar-refractivity contribution in [1.29, 1.82) is 0 Å². The van der Waals surface area contributed by atoms with Crippen molar-refractivity contribution in [3.8, 4) is 23.6 Å². The van der Waals surface area contributed by atoms with Gasteiger partial charge in [0.05, 0.1) is 23.5 Å². The van der Waals surface area contributed by atoms with E-state index in [1.807, 2.05) is 42.2 Å². The lowest BCUT2D eigenvalue weighted by molar-refractivity contribution is 0.0958. The minimum absolute atomic E-state index is 0.171. The predicted octanol–water partition coefficient (Wildman–Crippen LogP) is 2.91. The van der Waals surface area contributed by atoms with E-state index in [0.717, 1.165) is 53.7 Å². The fourth-order valence-electron chi connectivity index (χ4n) is 3.41. The summed E-state index contributed by atoms with van der Waals surface area (Å²) in [5.74, 6) is 4.57. The number of pyridine rings is 1. The Bertz CT molecular complexity index is 1020. The van der Waals surface area contributed by atoms with Crippen molar-refractivity contribution >= 4 is 23.3 Å². The van der Waals surface area contributed by atoms with Gasteiger partial charge in [-0.2, -0.15) is 11.8 Å². The summed E-state index contributed by atoms with van der Waals surface area (Å²) < 4.78 is 2.05. The van der Waals surface area contributed by atoms with Crippen molar-refractivity contribution in [2.75, 3.05) is 31.1 Å². The molecule has 1 amide bonds. The van der Waals surface area contributed by atoms with Gasteiger partial charge < -0.3 is 9.72 Å². The third kappa shape index (κ3) is 3.91. The number of amides is 1. The number of benzene rings is 1. The summed E-state index contributed by atoms with van der Waals surface area (Å²) in [6.07, 6.45) is 7.12. The van der Waals surface area contributed by atoms with Crippen LogP contribution in [0.4, 0.5) is 0 Å². The summed E-state index contributed by atoms with van der Waals surface area (Å²) in [5, 5.41) is 2.73. The molecule has 1 N–H and O–H groups in total. The molecule has 1 saturated heterocycles. The molecule has 1 aromatic carbocycles. The van der Waals surface area contributed by atoms with Crippen molar-refractivity contribution in [1.82, 2.24) is 19.6 Å². The van der Waals surface area contributed by atoms with Crippen molar-refractivity contribution in [3.63, 3.8) is 0 Å². The molecular weight excluding hydrogens is 368 g/mol. The molecule has 142 valence electrons. The van der Waals surface area contributed by atoms with Crippen LogP contribution in [0, 0.1) is 12.3 Å². The third-order valence-electron chi connectivity index (χ3n) is 4.85. The van der Waals surface area contributed by atoms with E-state index in [0.29, 0.717) is 5.56 Å². The molecule has 0 spiro atoms. The highest BCUT2D eigenvalue weighted by atomic mass is 32.2. The van der Waals surface area contributed by atoms with Crippen LogP contribution in [0.2, 0.25) is 0 Å². The van der Waals surface area contributed by atoms with Crippen LogP contribution in [-0.2, 0) is 6.54 Å². The number of nitrogens with zero attached hydrogens (tertiary/aromatic N) is 3. The van der Waals surface area contributed by atoms with Gasteiger partial charge >= 0.3 is 0 Å². The van der Waals surface area contributed by atoms with Gasteiger partial charge in [-0.05, 0) is 12.1 Å². The van der Waals surface area contributed by atoms with Crippen LogP contribution < -0.4 is 5.32 Å². The topological polar surface area (TPSA) is 49.6 Å². The Morgan fingerprint density at radius 2 is 1.96 bits per heavy atom. The van der Waals surface area contributed by atoms with Gasteiger partial charge in [0.2, 0.25) is 0 Å². The number of hydrogen-bond donors (Lipinski definition) is 1. The summed E-state index contributed by atoms with van der Waals surface area (Å²) in [5.41, 5.74) is 4.59. The van der Waals surface area contributed by atoms with Gasteiger partial charge in [-0.25, -0.2) is 4.98 Å². The van der Waals surface area contributed by atoms with E-state index in [1.165, 1.54) is 0 Å². The maximum atomic E-state index is 12.4. The van der Waals surface area contributed by atoms with Gasteiger partial charge in [0.1, 0.15) is 5.65 Å². The van der Waals surface area contributed by atoms with Crippen LogP contribution in [0.1, 0.15) is 16.1 Å². The molecule has 5 nitrogen and oxygen atoms in total. The predicted molar refractivity (Wildman–Crippen MR) is 114 cm³/mol. The maximum Gasteiger partial charge on any atom is 0.253 e. The van der Waals surface area contributed by atoms with Crippen LogP contribution >= 0.6 is 11.8 Å². The number of fused-ring (bicyclic) bond motifs is 1. The van der Waals surface area contributed by atoms with Gasteiger partial charge in [0.25, 0.3) is 5.91 Å². The van der Waals surface area contributed by atoms with Crippen molar-refractivity contribution in [3.05, 3.63) is 59.9 Å². The van der Waals surface area contributed by atoms with E-state index in [2.05, 4.69) is 32.7 Å². The molecule has 1 aliphatic heterocycles. The molecule has 6 heteroatoms. The number of aromatic nitrogens is 2. The van der Waals surface area contributed by atoms with Crippen LogP contribution in [0.5, 0.6) is 0 Å². The average Bonchev–Trinajstić information content (AvgIpc) is 3.11. The molecule has 0 unspecified atom stereocenters. The van der Waals surface area contributed by atoms with E-state index in [1.54, 1.807) is 6.07 Å². The highest BCUT2D eigenvalue weighted by Crippen LogP contribution is 2.27. The molecule has 3 heterocycles. The molecular formula is C22H22N4OS. The minimum atomic E-state index is -0.171. The number of rotatable bonds is 5. The zero-order chi connectivity index (χ0) is 19.3. The number of thioether (sulfide) groups is 1. The number of terminal acetylenes is 1. The first-order valence-corrected chi connectivity index (χ1v) is 10.5. The van der Waals surface area contributed by atoms with E-state index in [9.17, 15) is 4.79 Å². The molecule has 4 rings (SSSR count). The van der Waals surface area contributed by atoms with Gasteiger partial charge in [-0.15, -0.1) is 6.42 Å². The van der Waals surface area contributed by atoms with Crippen molar-refractivity contribution < 1.29 is 4.79 Å². The van der Waals surface area contributed by atoms with E-state index in [4.69, 9.17) is 11.4 Å². The van der Waals surface area contributed by atoms with Gasteiger partial charge in [-0.1, -0.05) is 36.3 Å². The van der Waals surface area contributed by atoms with E-state index >= 15 is 0 Å². The zero-order valence-corrected chi connectivity index (χ0v) is 16.4. The lowest BCUT2D eigenvalue weighted by Crippen LogP contribution is -2.32. The second-order valence-corrected chi connectivity index (χ2v) is 7.92. The number of imidazole rings is 1. The molecule has 1 aliphatic rings. The molecule has 0 aliphatic carbocycles. The first kappa shape index (κ1) is 18.6. The largest absolute Gasteiger partial charge is 0.341 e. The first-order valence-electron chi connectivity index (χ1n) is 9.34. The molecule has 2 aromatic heterocycles. The fraction of sp³-hybridized carbons (Fsp3) is 0.273. The zero-order valence-electron chi connectivity index (χ0n) is 15.6. The number of hydrogen-bond acceptors (Lipinski definition) is 4. The number of nitrogens with one attached hydrogen (secondary N) is 1. The lowest BCUT2D eigenvalue weighted by Gasteiger charge is -2.26. The van der Waals surface area contributed by atoms with Gasteiger partial charge in [0, 0.05) is 42.9 Å². The SMILES string of the molecule is C#CCNC(=O)c1ccc2nc(-c3ccccc3)c(CN3CCSCC3)n2c1. The summed E-state index contributed by atoms with van der Waals surface area (Å²) in [4.78, 5) is 19.7. The molecule has 0 atom stereocenters. The van der Waals surface area contributed by atoms with Crippen molar-refractivity contribution in [2.45, 2.75) is 6.54 Å². The molecule has 0 bridgehead atoms. The third-order valence-corrected chi connectivity index (χ3v) is 5.80. The highest BCUT2D eigenvalue weighted by Gasteiger charge is 2.19. The summed E-state index contributed by atoms with van der Waals surface area (Å²) >= 11 is 2.00. The maximum absolute atomic E-state index is 12.4. The smallest absolute Gasteiger partial charge is 0.253 e. The second-order valence-electron chi connectivity index (χ2n) is 6.69. The summed E-state index contributed by atoms with van der Waals surface area (Å²) in [7, 11) is 0. The monoisotopic (exact) mass is 390 g/mol. The standard InChI is InChI=1S/C22H22N4OS/c1-2-10-23-22(27)18-8-9-20-24-21(17-6-4-3-5-7-17)19(26(20)15-18)16-25-11-13-28-14-12-25/h1,3-9,15H,10-14,16H2,(H,23,27). The molecule has 3 aromatic rings. The highest BCUT2D eigenvalue weighted by molar-refractivity contribution is 7.99. The summed E-state index contributed by atoms with van der Waals surface area (Å²) in [6.45, 7) is 3.15. The summed E-state index contributed by atoms with van der Waals surface area (Å²) in [6, 6.07) is 13.9. The Hall–Kier alpha value is -2.75. The average molecular weight is 391 g/mol. The normalized spacial score (nSPS) is 14.7. The number of carbonyl (C=O) groups excluding carboxylic acids is 1. The Kier molecular flexibility index (Phi) is 5.65. The van der Waals surface area contributed by atoms with Crippen molar-refractivity contribution in [2.24, 2.45) is 0 Å². The van der Waals surface area contributed by atoms with Crippen LogP contribution in [0.25, 0.3) is 16.9 Å². The molecule has 28 heavy (non-hydrogen) atoms. The van der Waals surface area contributed by atoms with E-state index < -0.39 is 0 Å².